The smallest absolute Gasteiger partial charge is 0.0684 e. The molecule has 0 aromatic heterocycles. The van der Waals surface area contributed by atoms with Crippen LogP contribution in [0.3, 0.4) is 0 Å². The molecule has 1 heterocycles. The van der Waals surface area contributed by atoms with Crippen molar-refractivity contribution in [1.82, 2.24) is 10.2 Å². The van der Waals surface area contributed by atoms with Gasteiger partial charge in [-0.05, 0) is 72.3 Å². The summed E-state index contributed by atoms with van der Waals surface area (Å²) in [5.41, 5.74) is -0.179. The zero-order chi connectivity index (χ0) is 11.9. The Hall–Kier alpha value is -0.590. The number of hydrogen-bond donors (Lipinski definition) is 1. The van der Waals surface area contributed by atoms with Gasteiger partial charge in [-0.15, -0.1) is 0 Å². The fourth-order valence-corrected chi connectivity index (χ4v) is 2.02. The lowest BCUT2D eigenvalue weighted by Crippen LogP contribution is -2.26. The first-order valence-electron chi connectivity index (χ1n) is 6.48. The third-order valence-corrected chi connectivity index (χ3v) is 3.26. The van der Waals surface area contributed by atoms with E-state index >= 15 is 0 Å². The number of likely N-dealkylation sites (tertiary alicyclic amines) is 1. The predicted molar refractivity (Wildman–Crippen MR) is 67.2 cm³/mol. The van der Waals surface area contributed by atoms with E-state index in [1.54, 1.807) is 0 Å². The van der Waals surface area contributed by atoms with Gasteiger partial charge < -0.3 is 10.2 Å². The molecule has 0 bridgehead atoms. The summed E-state index contributed by atoms with van der Waals surface area (Å²) in [5, 5.41) is 12.3. The summed E-state index contributed by atoms with van der Waals surface area (Å²) in [6, 6.07) is 2.33. The standard InChI is InChI=1S/C13H25N3/c1-13(2,12-14)6-8-15-7-5-11-16-9-3-4-10-16/h15H,3-11H2,1-2H3. The lowest BCUT2D eigenvalue weighted by atomic mass is 9.91. The van der Waals surface area contributed by atoms with E-state index in [0.717, 1.165) is 19.5 Å². The Morgan fingerprint density at radius 2 is 1.94 bits per heavy atom. The van der Waals surface area contributed by atoms with Gasteiger partial charge in [-0.3, -0.25) is 0 Å². The molecule has 1 aliphatic rings. The molecule has 0 aliphatic carbocycles. The van der Waals surface area contributed by atoms with Gasteiger partial charge in [0, 0.05) is 0 Å². The van der Waals surface area contributed by atoms with Crippen molar-refractivity contribution in [3.8, 4) is 6.07 Å². The highest BCUT2D eigenvalue weighted by Crippen LogP contribution is 2.17. The predicted octanol–water partition coefficient (Wildman–Crippen LogP) is 2.00. The average molecular weight is 223 g/mol. The molecule has 0 atom stereocenters. The molecular formula is C13H25N3. The highest BCUT2D eigenvalue weighted by atomic mass is 15.1. The lowest BCUT2D eigenvalue weighted by Gasteiger charge is -2.16. The summed E-state index contributed by atoms with van der Waals surface area (Å²) in [6.07, 6.45) is 4.92. The second kappa shape index (κ2) is 6.88. The van der Waals surface area contributed by atoms with Crippen LogP contribution >= 0.6 is 0 Å². The summed E-state index contributed by atoms with van der Waals surface area (Å²) in [5.74, 6) is 0. The lowest BCUT2D eigenvalue weighted by molar-refractivity contribution is 0.329. The van der Waals surface area contributed by atoms with Crippen LogP contribution in [0, 0.1) is 16.7 Å². The summed E-state index contributed by atoms with van der Waals surface area (Å²) >= 11 is 0. The van der Waals surface area contributed by atoms with E-state index in [9.17, 15) is 0 Å². The van der Waals surface area contributed by atoms with Crippen LogP contribution in [0.15, 0.2) is 0 Å². The molecule has 1 aliphatic heterocycles. The molecule has 1 N–H and O–H groups in total. The Labute approximate surface area is 99.8 Å². The Balaban J connectivity index is 1.90. The maximum absolute atomic E-state index is 8.86. The summed E-state index contributed by atoms with van der Waals surface area (Å²) in [7, 11) is 0. The molecule has 0 amide bonds. The first kappa shape index (κ1) is 13.5. The Morgan fingerprint density at radius 1 is 1.25 bits per heavy atom. The summed E-state index contributed by atoms with van der Waals surface area (Å²) < 4.78 is 0. The number of rotatable bonds is 7. The van der Waals surface area contributed by atoms with Gasteiger partial charge in [0.05, 0.1) is 11.5 Å². The molecular weight excluding hydrogens is 198 g/mol. The fraction of sp³-hybridized carbons (Fsp3) is 0.923. The normalized spacial score (nSPS) is 17.6. The highest BCUT2D eigenvalue weighted by molar-refractivity contribution is 4.91. The fourth-order valence-electron chi connectivity index (χ4n) is 2.02. The van der Waals surface area contributed by atoms with E-state index in [1.807, 2.05) is 13.8 Å². The number of nitrogens with one attached hydrogen (secondary N) is 1. The van der Waals surface area contributed by atoms with Crippen molar-refractivity contribution in [1.29, 1.82) is 5.26 Å². The van der Waals surface area contributed by atoms with Crippen LogP contribution in [0.5, 0.6) is 0 Å². The maximum Gasteiger partial charge on any atom is 0.0684 e. The van der Waals surface area contributed by atoms with Crippen molar-refractivity contribution in [3.63, 3.8) is 0 Å². The van der Waals surface area contributed by atoms with E-state index in [1.165, 1.54) is 38.9 Å². The molecule has 0 aromatic rings. The molecule has 1 rings (SSSR count). The maximum atomic E-state index is 8.86. The molecule has 0 saturated carbocycles. The molecule has 3 heteroatoms. The van der Waals surface area contributed by atoms with Crippen LogP contribution in [0.4, 0.5) is 0 Å². The van der Waals surface area contributed by atoms with Crippen molar-refractivity contribution >= 4 is 0 Å². The van der Waals surface area contributed by atoms with Crippen molar-refractivity contribution in [2.24, 2.45) is 5.41 Å². The van der Waals surface area contributed by atoms with E-state index in [4.69, 9.17) is 5.26 Å². The van der Waals surface area contributed by atoms with Gasteiger partial charge >= 0.3 is 0 Å². The number of hydrogen-bond acceptors (Lipinski definition) is 3. The quantitative estimate of drug-likeness (QED) is 0.671. The highest BCUT2D eigenvalue weighted by Gasteiger charge is 2.15. The van der Waals surface area contributed by atoms with Crippen LogP contribution in [0.1, 0.15) is 39.5 Å². The van der Waals surface area contributed by atoms with E-state index in [2.05, 4.69) is 16.3 Å². The minimum Gasteiger partial charge on any atom is -0.317 e. The zero-order valence-corrected chi connectivity index (χ0v) is 10.8. The summed E-state index contributed by atoms with van der Waals surface area (Å²) in [4.78, 5) is 2.54. The summed E-state index contributed by atoms with van der Waals surface area (Å²) in [6.45, 7) is 9.86. The second-order valence-electron chi connectivity index (χ2n) is 5.40. The molecule has 16 heavy (non-hydrogen) atoms. The molecule has 92 valence electrons. The monoisotopic (exact) mass is 223 g/mol. The molecule has 3 nitrogen and oxygen atoms in total. The molecule has 0 unspecified atom stereocenters. The third kappa shape index (κ3) is 5.48. The largest absolute Gasteiger partial charge is 0.317 e. The Bertz CT molecular complexity index is 224. The van der Waals surface area contributed by atoms with Crippen molar-refractivity contribution in [3.05, 3.63) is 0 Å². The first-order chi connectivity index (χ1) is 7.64. The van der Waals surface area contributed by atoms with Gasteiger partial charge in [0.2, 0.25) is 0 Å². The first-order valence-corrected chi connectivity index (χ1v) is 6.48. The number of nitrogens with zero attached hydrogens (tertiary/aromatic N) is 2. The molecule has 0 radical (unpaired) electrons. The SMILES string of the molecule is CC(C)(C#N)CCNCCCN1CCCC1. The van der Waals surface area contributed by atoms with Gasteiger partial charge in [-0.1, -0.05) is 0 Å². The average Bonchev–Trinajstić information content (AvgIpc) is 2.76. The van der Waals surface area contributed by atoms with Crippen molar-refractivity contribution in [2.75, 3.05) is 32.7 Å². The molecule has 0 aromatic carbocycles. The van der Waals surface area contributed by atoms with Gasteiger partial charge in [0.25, 0.3) is 0 Å². The van der Waals surface area contributed by atoms with Crippen LogP contribution in [0.2, 0.25) is 0 Å². The van der Waals surface area contributed by atoms with Crippen LogP contribution in [-0.2, 0) is 0 Å². The van der Waals surface area contributed by atoms with Crippen molar-refractivity contribution < 1.29 is 0 Å². The minimum atomic E-state index is -0.179. The topological polar surface area (TPSA) is 39.1 Å². The van der Waals surface area contributed by atoms with Gasteiger partial charge in [0.15, 0.2) is 0 Å². The third-order valence-electron chi connectivity index (χ3n) is 3.26. The van der Waals surface area contributed by atoms with E-state index < -0.39 is 0 Å². The van der Waals surface area contributed by atoms with E-state index in [-0.39, 0.29) is 5.41 Å². The molecule has 0 spiro atoms. The van der Waals surface area contributed by atoms with Gasteiger partial charge in [-0.25, -0.2) is 0 Å². The van der Waals surface area contributed by atoms with Gasteiger partial charge in [0.1, 0.15) is 0 Å². The van der Waals surface area contributed by atoms with Crippen molar-refractivity contribution in [2.45, 2.75) is 39.5 Å². The zero-order valence-electron chi connectivity index (χ0n) is 10.8. The Morgan fingerprint density at radius 3 is 2.56 bits per heavy atom. The Kier molecular flexibility index (Phi) is 5.79. The molecule has 1 saturated heterocycles. The van der Waals surface area contributed by atoms with Crippen LogP contribution < -0.4 is 5.32 Å². The van der Waals surface area contributed by atoms with Crippen LogP contribution in [-0.4, -0.2) is 37.6 Å². The van der Waals surface area contributed by atoms with E-state index in [0.29, 0.717) is 0 Å². The number of nitriles is 1. The van der Waals surface area contributed by atoms with Gasteiger partial charge in [-0.2, -0.15) is 5.26 Å². The minimum absolute atomic E-state index is 0.179. The second-order valence-corrected chi connectivity index (χ2v) is 5.40. The molecule has 1 fully saturated rings. The van der Waals surface area contributed by atoms with Crippen LogP contribution in [0.25, 0.3) is 0 Å².